The number of carbonyl (C=O) groups is 1. The van der Waals surface area contributed by atoms with Crippen LogP contribution in [-0.4, -0.2) is 25.3 Å². The van der Waals surface area contributed by atoms with Gasteiger partial charge in [0.15, 0.2) is 0 Å². The largest absolute Gasteiger partial charge is 0.364 e. The van der Waals surface area contributed by atoms with E-state index in [2.05, 4.69) is 48.3 Å². The van der Waals surface area contributed by atoms with Crippen LogP contribution in [0.15, 0.2) is 55.1 Å². The fraction of sp³-hybridized carbons (Fsp3) is 0.280. The first-order valence-corrected chi connectivity index (χ1v) is 11.7. The number of aromatic nitrogens is 4. The summed E-state index contributed by atoms with van der Waals surface area (Å²) >= 11 is 5.98. The molecule has 1 amide bonds. The molecule has 7 nitrogen and oxygen atoms in total. The Bertz CT molecular complexity index is 1400. The SMILES string of the molecule is O=C(Nc1cc(NCc2cn3cc(C4CC4)ccc3n2)ncn1)[C@H]1C[C@@H]1c1cc(Cl)ccc1F. The van der Waals surface area contributed by atoms with E-state index in [1.54, 1.807) is 12.1 Å². The van der Waals surface area contributed by atoms with Crippen LogP contribution in [-0.2, 0) is 11.3 Å². The van der Waals surface area contributed by atoms with E-state index in [9.17, 15) is 9.18 Å². The first-order chi connectivity index (χ1) is 16.5. The Labute approximate surface area is 200 Å². The molecule has 2 atom stereocenters. The van der Waals surface area contributed by atoms with E-state index in [0.717, 1.165) is 11.3 Å². The van der Waals surface area contributed by atoms with Crippen LogP contribution in [0.2, 0.25) is 5.02 Å². The smallest absolute Gasteiger partial charge is 0.229 e. The highest BCUT2D eigenvalue weighted by Gasteiger charge is 2.45. The number of halogens is 2. The third kappa shape index (κ3) is 4.33. The lowest BCUT2D eigenvalue weighted by Gasteiger charge is -2.07. The van der Waals surface area contributed by atoms with Gasteiger partial charge in [-0.25, -0.2) is 19.3 Å². The number of carbonyl (C=O) groups excluding carboxylic acids is 1. The Morgan fingerprint density at radius 1 is 1.12 bits per heavy atom. The zero-order valence-electron chi connectivity index (χ0n) is 18.2. The van der Waals surface area contributed by atoms with Gasteiger partial charge in [-0.05, 0) is 66.5 Å². The number of hydrogen-bond donors (Lipinski definition) is 2. The molecule has 0 bridgehead atoms. The highest BCUT2D eigenvalue weighted by atomic mass is 35.5. The number of nitrogens with one attached hydrogen (secondary N) is 2. The zero-order chi connectivity index (χ0) is 23.2. The van der Waals surface area contributed by atoms with Crippen LogP contribution in [0.5, 0.6) is 0 Å². The van der Waals surface area contributed by atoms with E-state index in [1.165, 1.54) is 36.9 Å². The predicted octanol–water partition coefficient (Wildman–Crippen LogP) is 5.15. The second kappa shape index (κ2) is 8.36. The fourth-order valence-corrected chi connectivity index (χ4v) is 4.54. The van der Waals surface area contributed by atoms with Crippen molar-refractivity contribution >= 4 is 34.8 Å². The molecule has 3 heterocycles. The Morgan fingerprint density at radius 2 is 1.97 bits per heavy atom. The maximum absolute atomic E-state index is 14.1. The van der Waals surface area contributed by atoms with E-state index >= 15 is 0 Å². The van der Waals surface area contributed by atoms with Crippen molar-refractivity contribution in [2.75, 3.05) is 10.6 Å². The van der Waals surface area contributed by atoms with Gasteiger partial charge >= 0.3 is 0 Å². The monoisotopic (exact) mass is 476 g/mol. The van der Waals surface area contributed by atoms with Crippen LogP contribution in [0.4, 0.5) is 16.0 Å². The molecule has 2 N–H and O–H groups in total. The molecule has 4 aromatic rings. The number of pyridine rings is 1. The predicted molar refractivity (Wildman–Crippen MR) is 127 cm³/mol. The average Bonchev–Trinajstić information content (AvgIpc) is 3.76. The van der Waals surface area contributed by atoms with Gasteiger partial charge in [-0.3, -0.25) is 4.79 Å². The van der Waals surface area contributed by atoms with Crippen LogP contribution in [0.25, 0.3) is 5.65 Å². The summed E-state index contributed by atoms with van der Waals surface area (Å²) in [5.74, 6) is 0.651. The molecule has 0 aliphatic heterocycles. The molecule has 172 valence electrons. The summed E-state index contributed by atoms with van der Waals surface area (Å²) in [7, 11) is 0. The van der Waals surface area contributed by atoms with Gasteiger partial charge in [-0.1, -0.05) is 17.7 Å². The van der Waals surface area contributed by atoms with Gasteiger partial charge in [0.05, 0.1) is 12.2 Å². The minimum atomic E-state index is -0.339. The lowest BCUT2D eigenvalue weighted by molar-refractivity contribution is -0.117. The van der Waals surface area contributed by atoms with E-state index in [-0.39, 0.29) is 23.6 Å². The van der Waals surface area contributed by atoms with Gasteiger partial charge in [0.25, 0.3) is 0 Å². The minimum Gasteiger partial charge on any atom is -0.364 e. The second-order valence-electron chi connectivity index (χ2n) is 8.98. The summed E-state index contributed by atoms with van der Waals surface area (Å²) in [6.07, 6.45) is 8.67. The van der Waals surface area contributed by atoms with Crippen LogP contribution < -0.4 is 10.6 Å². The molecule has 2 aliphatic carbocycles. The van der Waals surface area contributed by atoms with E-state index in [0.29, 0.717) is 41.1 Å². The van der Waals surface area contributed by atoms with Crippen molar-refractivity contribution in [2.45, 2.75) is 37.6 Å². The molecular weight excluding hydrogens is 455 g/mol. The minimum absolute atomic E-state index is 0.173. The summed E-state index contributed by atoms with van der Waals surface area (Å²) in [4.78, 5) is 25.7. The van der Waals surface area contributed by atoms with Crippen LogP contribution in [0.3, 0.4) is 0 Å². The van der Waals surface area contributed by atoms with Gasteiger partial charge in [0.1, 0.15) is 29.4 Å². The summed E-state index contributed by atoms with van der Waals surface area (Å²) in [6.45, 7) is 0.490. The molecule has 2 aliphatic rings. The third-order valence-corrected chi connectivity index (χ3v) is 6.66. The normalized spacial score (nSPS) is 19.2. The van der Waals surface area contributed by atoms with E-state index < -0.39 is 0 Å². The average molecular weight is 477 g/mol. The Morgan fingerprint density at radius 3 is 2.82 bits per heavy atom. The number of fused-ring (bicyclic) bond motifs is 1. The Balaban J connectivity index is 1.08. The highest BCUT2D eigenvalue weighted by Crippen LogP contribution is 2.49. The number of imidazole rings is 1. The molecule has 0 spiro atoms. The second-order valence-corrected chi connectivity index (χ2v) is 9.42. The lowest BCUT2D eigenvalue weighted by Crippen LogP contribution is -2.16. The molecule has 9 heteroatoms. The van der Waals surface area contributed by atoms with Gasteiger partial charge in [-0.2, -0.15) is 0 Å². The first-order valence-electron chi connectivity index (χ1n) is 11.3. The number of rotatable bonds is 7. The van der Waals surface area contributed by atoms with Gasteiger partial charge in [0.2, 0.25) is 5.91 Å². The van der Waals surface area contributed by atoms with Crippen molar-refractivity contribution in [2.24, 2.45) is 5.92 Å². The highest BCUT2D eigenvalue weighted by molar-refractivity contribution is 6.30. The third-order valence-electron chi connectivity index (χ3n) is 6.43. The molecule has 3 aromatic heterocycles. The standard InChI is InChI=1S/C25H22ClFN6O/c26-16-4-5-21(27)19(7-16)18-8-20(18)25(34)32-23-9-22(29-13-30-23)28-10-17-12-33-11-15(14-1-2-14)3-6-24(33)31-17/h3-7,9,11-14,18,20H,1-2,8,10H2,(H2,28,29,30,32,34)/t18-,20+/m1/s1. The lowest BCUT2D eigenvalue weighted by atomic mass is 10.1. The van der Waals surface area contributed by atoms with E-state index in [4.69, 9.17) is 11.6 Å². The molecule has 6 rings (SSSR count). The topological polar surface area (TPSA) is 84.2 Å². The molecule has 34 heavy (non-hydrogen) atoms. The van der Waals surface area contributed by atoms with Crippen LogP contribution in [0, 0.1) is 11.7 Å². The van der Waals surface area contributed by atoms with Gasteiger partial charge in [-0.15, -0.1) is 0 Å². The summed E-state index contributed by atoms with van der Waals surface area (Å²) in [6, 6.07) is 10.3. The Hall–Kier alpha value is -3.52. The van der Waals surface area contributed by atoms with Crippen molar-refractivity contribution in [3.8, 4) is 0 Å². The molecular formula is C25H22ClFN6O. The van der Waals surface area contributed by atoms with Crippen molar-refractivity contribution in [3.05, 3.63) is 82.8 Å². The summed E-state index contributed by atoms with van der Waals surface area (Å²) in [5, 5.41) is 6.51. The molecule has 0 saturated heterocycles. The molecule has 0 unspecified atom stereocenters. The maximum atomic E-state index is 14.1. The zero-order valence-corrected chi connectivity index (χ0v) is 19.0. The van der Waals surface area contributed by atoms with Crippen molar-refractivity contribution in [1.29, 1.82) is 0 Å². The van der Waals surface area contributed by atoms with Crippen LogP contribution in [0.1, 0.15) is 47.9 Å². The fourth-order valence-electron chi connectivity index (χ4n) is 4.35. The van der Waals surface area contributed by atoms with Crippen molar-refractivity contribution < 1.29 is 9.18 Å². The van der Waals surface area contributed by atoms with E-state index in [1.807, 2.05) is 6.20 Å². The van der Waals surface area contributed by atoms with Crippen LogP contribution >= 0.6 is 11.6 Å². The quantitative estimate of drug-likeness (QED) is 0.385. The van der Waals surface area contributed by atoms with Crippen molar-refractivity contribution in [3.63, 3.8) is 0 Å². The maximum Gasteiger partial charge on any atom is 0.229 e. The van der Waals surface area contributed by atoms with Crippen molar-refractivity contribution in [1.82, 2.24) is 19.4 Å². The molecule has 2 saturated carbocycles. The molecule has 0 radical (unpaired) electrons. The van der Waals surface area contributed by atoms with Gasteiger partial charge in [0, 0.05) is 29.4 Å². The molecule has 1 aromatic carbocycles. The number of benzene rings is 1. The number of nitrogens with zero attached hydrogens (tertiary/aromatic N) is 4. The number of hydrogen-bond acceptors (Lipinski definition) is 5. The summed E-state index contributed by atoms with van der Waals surface area (Å²) in [5.41, 5.74) is 3.64. The first kappa shape index (κ1) is 21.0. The Kier molecular flexibility index (Phi) is 5.17. The van der Waals surface area contributed by atoms with Gasteiger partial charge < -0.3 is 15.0 Å². The number of amides is 1. The summed E-state index contributed by atoms with van der Waals surface area (Å²) < 4.78 is 16.2. The molecule has 2 fully saturated rings. The number of anilines is 2.